The minimum atomic E-state index is -0.988. The number of nitrogens with one attached hydrogen (secondary N) is 1. The summed E-state index contributed by atoms with van der Waals surface area (Å²) in [6.45, 7) is 10.4. The summed E-state index contributed by atoms with van der Waals surface area (Å²) in [5, 5.41) is 2.62. The number of anilines is 2. The van der Waals surface area contributed by atoms with E-state index in [9.17, 15) is 13.6 Å². The van der Waals surface area contributed by atoms with E-state index in [1.807, 2.05) is 13.8 Å². The van der Waals surface area contributed by atoms with Gasteiger partial charge in [-0.25, -0.2) is 23.5 Å². The molecular weight excluding hydrogens is 364 g/mol. The number of piperazine rings is 1. The average Bonchev–Trinajstić information content (AvgIpc) is 2.64. The molecule has 8 heteroatoms. The molecule has 1 aromatic carbocycles. The van der Waals surface area contributed by atoms with Crippen LogP contribution in [0.3, 0.4) is 0 Å². The van der Waals surface area contributed by atoms with E-state index in [4.69, 9.17) is 0 Å². The second kappa shape index (κ2) is 8.08. The summed E-state index contributed by atoms with van der Waals surface area (Å²) in [5.74, 6) is 0.0303. The lowest BCUT2D eigenvalue weighted by Crippen LogP contribution is -2.50. The standard InChI is InChI=1S/C20H25F2N5O/c1-12(2)18-13(3)23-14(4)24-19(18)26-7-9-27(10-8-26)20(28)25-15-5-6-16(21)17(22)11-15/h5-6,11-12H,7-10H2,1-4H3,(H,25,28). The number of halogens is 2. The van der Waals surface area contributed by atoms with Gasteiger partial charge in [0.1, 0.15) is 11.6 Å². The predicted octanol–water partition coefficient (Wildman–Crippen LogP) is 3.85. The number of hydrogen-bond acceptors (Lipinski definition) is 4. The highest BCUT2D eigenvalue weighted by Crippen LogP contribution is 2.29. The summed E-state index contributed by atoms with van der Waals surface area (Å²) in [6, 6.07) is 2.99. The summed E-state index contributed by atoms with van der Waals surface area (Å²) in [5.41, 5.74) is 2.34. The smallest absolute Gasteiger partial charge is 0.321 e. The average molecular weight is 389 g/mol. The van der Waals surface area contributed by atoms with E-state index in [0.717, 1.165) is 35.0 Å². The van der Waals surface area contributed by atoms with E-state index < -0.39 is 11.6 Å². The highest BCUT2D eigenvalue weighted by atomic mass is 19.2. The molecule has 0 bridgehead atoms. The molecule has 150 valence electrons. The van der Waals surface area contributed by atoms with Crippen molar-refractivity contribution >= 4 is 17.5 Å². The van der Waals surface area contributed by atoms with Gasteiger partial charge in [-0.15, -0.1) is 0 Å². The van der Waals surface area contributed by atoms with Gasteiger partial charge in [-0.2, -0.15) is 0 Å². The fraction of sp³-hybridized carbons (Fsp3) is 0.450. The monoisotopic (exact) mass is 389 g/mol. The molecule has 0 radical (unpaired) electrons. The number of hydrogen-bond donors (Lipinski definition) is 1. The van der Waals surface area contributed by atoms with Crippen molar-refractivity contribution in [3.8, 4) is 0 Å². The highest BCUT2D eigenvalue weighted by Gasteiger charge is 2.25. The van der Waals surface area contributed by atoms with Crippen LogP contribution < -0.4 is 10.2 Å². The van der Waals surface area contributed by atoms with Gasteiger partial charge >= 0.3 is 6.03 Å². The van der Waals surface area contributed by atoms with Gasteiger partial charge in [-0.3, -0.25) is 0 Å². The Kier molecular flexibility index (Phi) is 5.76. The number of carbonyl (C=O) groups is 1. The highest BCUT2D eigenvalue weighted by molar-refractivity contribution is 5.89. The second-order valence-electron chi connectivity index (χ2n) is 7.28. The molecule has 6 nitrogen and oxygen atoms in total. The molecule has 28 heavy (non-hydrogen) atoms. The molecule has 1 fully saturated rings. The molecule has 0 aliphatic carbocycles. The first-order valence-electron chi connectivity index (χ1n) is 9.37. The Balaban J connectivity index is 1.67. The third-order valence-electron chi connectivity index (χ3n) is 4.84. The van der Waals surface area contributed by atoms with Crippen LogP contribution in [0.25, 0.3) is 0 Å². The maximum atomic E-state index is 13.3. The quantitative estimate of drug-likeness (QED) is 0.866. The molecule has 2 amide bonds. The minimum absolute atomic E-state index is 0.232. The van der Waals surface area contributed by atoms with Gasteiger partial charge in [0, 0.05) is 49.2 Å². The summed E-state index contributed by atoms with van der Waals surface area (Å²) in [6.07, 6.45) is 0. The number of amides is 2. The first-order valence-corrected chi connectivity index (χ1v) is 9.37. The lowest BCUT2D eigenvalue weighted by atomic mass is 10.0. The minimum Gasteiger partial charge on any atom is -0.353 e. The Labute approximate surface area is 163 Å². The third kappa shape index (κ3) is 4.21. The maximum absolute atomic E-state index is 13.3. The van der Waals surface area contributed by atoms with Crippen molar-refractivity contribution in [1.82, 2.24) is 14.9 Å². The van der Waals surface area contributed by atoms with Crippen LogP contribution in [0.4, 0.5) is 25.1 Å². The largest absolute Gasteiger partial charge is 0.353 e. The molecule has 3 rings (SSSR count). The van der Waals surface area contributed by atoms with Crippen LogP contribution >= 0.6 is 0 Å². The molecule has 0 unspecified atom stereocenters. The Morgan fingerprint density at radius 3 is 2.36 bits per heavy atom. The van der Waals surface area contributed by atoms with Crippen molar-refractivity contribution < 1.29 is 13.6 Å². The van der Waals surface area contributed by atoms with E-state index in [1.54, 1.807) is 4.90 Å². The van der Waals surface area contributed by atoms with Gasteiger partial charge in [0.05, 0.1) is 0 Å². The third-order valence-corrected chi connectivity index (χ3v) is 4.84. The zero-order valence-electron chi connectivity index (χ0n) is 16.6. The first kappa shape index (κ1) is 20.0. The van der Waals surface area contributed by atoms with Crippen LogP contribution in [0.15, 0.2) is 18.2 Å². The van der Waals surface area contributed by atoms with Gasteiger partial charge in [-0.1, -0.05) is 13.8 Å². The number of urea groups is 1. The van der Waals surface area contributed by atoms with Crippen molar-refractivity contribution in [3.63, 3.8) is 0 Å². The topological polar surface area (TPSA) is 61.4 Å². The Morgan fingerprint density at radius 2 is 1.75 bits per heavy atom. The Bertz CT molecular complexity index is 879. The van der Waals surface area contributed by atoms with E-state index in [-0.39, 0.29) is 11.7 Å². The zero-order valence-corrected chi connectivity index (χ0v) is 16.6. The van der Waals surface area contributed by atoms with Crippen LogP contribution in [0.1, 0.15) is 36.8 Å². The number of aryl methyl sites for hydroxylation is 2. The van der Waals surface area contributed by atoms with Crippen LogP contribution in [0.2, 0.25) is 0 Å². The molecule has 2 aromatic rings. The number of carbonyl (C=O) groups excluding carboxylic acids is 1. The van der Waals surface area contributed by atoms with Gasteiger partial charge in [0.25, 0.3) is 0 Å². The molecule has 1 N–H and O–H groups in total. The van der Waals surface area contributed by atoms with Crippen LogP contribution in [0, 0.1) is 25.5 Å². The van der Waals surface area contributed by atoms with Crippen molar-refractivity contribution in [2.24, 2.45) is 0 Å². The lowest BCUT2D eigenvalue weighted by Gasteiger charge is -2.36. The van der Waals surface area contributed by atoms with Crippen molar-refractivity contribution in [2.45, 2.75) is 33.6 Å². The van der Waals surface area contributed by atoms with E-state index in [2.05, 4.69) is 34.0 Å². The van der Waals surface area contributed by atoms with E-state index in [1.165, 1.54) is 6.07 Å². The molecule has 1 aliphatic rings. The fourth-order valence-electron chi connectivity index (χ4n) is 3.52. The summed E-state index contributed by atoms with van der Waals surface area (Å²) in [7, 11) is 0. The fourth-order valence-corrected chi connectivity index (χ4v) is 3.52. The Hall–Kier alpha value is -2.77. The molecule has 0 saturated carbocycles. The van der Waals surface area contributed by atoms with Crippen LogP contribution in [0.5, 0.6) is 0 Å². The summed E-state index contributed by atoms with van der Waals surface area (Å²) >= 11 is 0. The van der Waals surface area contributed by atoms with Gasteiger partial charge < -0.3 is 15.1 Å². The van der Waals surface area contributed by atoms with Gasteiger partial charge in [-0.05, 0) is 31.9 Å². The molecule has 0 atom stereocenters. The number of aromatic nitrogens is 2. The number of benzene rings is 1. The van der Waals surface area contributed by atoms with Gasteiger partial charge in [0.2, 0.25) is 0 Å². The maximum Gasteiger partial charge on any atom is 0.321 e. The molecule has 1 saturated heterocycles. The lowest BCUT2D eigenvalue weighted by molar-refractivity contribution is 0.208. The predicted molar refractivity (Wildman–Crippen MR) is 105 cm³/mol. The number of rotatable bonds is 3. The molecule has 0 spiro atoms. The van der Waals surface area contributed by atoms with Crippen LogP contribution in [-0.2, 0) is 0 Å². The molecule has 1 aromatic heterocycles. The van der Waals surface area contributed by atoms with E-state index in [0.29, 0.717) is 32.1 Å². The van der Waals surface area contributed by atoms with Crippen LogP contribution in [-0.4, -0.2) is 47.1 Å². The molecule has 1 aliphatic heterocycles. The van der Waals surface area contributed by atoms with Crippen molar-refractivity contribution in [3.05, 3.63) is 46.9 Å². The zero-order chi connectivity index (χ0) is 20.4. The number of nitrogens with zero attached hydrogens (tertiary/aromatic N) is 4. The SMILES string of the molecule is Cc1nc(C)c(C(C)C)c(N2CCN(C(=O)Nc3ccc(F)c(F)c3)CC2)n1. The molecule has 2 heterocycles. The second-order valence-corrected chi connectivity index (χ2v) is 7.28. The van der Waals surface area contributed by atoms with Gasteiger partial charge in [0.15, 0.2) is 11.6 Å². The van der Waals surface area contributed by atoms with Crippen molar-refractivity contribution in [1.29, 1.82) is 0 Å². The molecular formula is C20H25F2N5O. The normalized spacial score (nSPS) is 14.5. The summed E-state index contributed by atoms with van der Waals surface area (Å²) < 4.78 is 26.3. The Morgan fingerprint density at radius 1 is 1.07 bits per heavy atom. The summed E-state index contributed by atoms with van der Waals surface area (Å²) in [4.78, 5) is 25.4. The van der Waals surface area contributed by atoms with E-state index >= 15 is 0 Å². The first-order chi connectivity index (χ1) is 13.3. The van der Waals surface area contributed by atoms with Crippen molar-refractivity contribution in [2.75, 3.05) is 36.4 Å².